The van der Waals surface area contributed by atoms with Gasteiger partial charge in [0, 0.05) is 40.3 Å². The van der Waals surface area contributed by atoms with Crippen LogP contribution in [0.4, 0.5) is 0 Å². The molecule has 2 aromatic carbocycles. The number of nitrogens with zero attached hydrogens (tertiary/aromatic N) is 4. The highest BCUT2D eigenvalue weighted by molar-refractivity contribution is 7.89. The third-order valence-electron chi connectivity index (χ3n) is 5.12. The van der Waals surface area contributed by atoms with Crippen LogP contribution in [-0.4, -0.2) is 61.6 Å². The first kappa shape index (κ1) is 24.3. The first-order chi connectivity index (χ1) is 15.6. The average molecular weight is 473 g/mol. The monoisotopic (exact) mass is 472 g/mol. The molecule has 10 heteroatoms. The van der Waals surface area contributed by atoms with Crippen molar-refractivity contribution in [3.8, 4) is 11.5 Å². The predicted molar refractivity (Wildman–Crippen MR) is 124 cm³/mol. The molecule has 0 saturated heterocycles. The molecule has 0 aliphatic heterocycles. The lowest BCUT2D eigenvalue weighted by atomic mass is 10.2. The minimum Gasteiger partial charge on any atom is -0.497 e. The molecule has 33 heavy (non-hydrogen) atoms. The molecule has 0 radical (unpaired) electrons. The maximum Gasteiger partial charge on any atom is 0.271 e. The highest BCUT2D eigenvalue weighted by Gasteiger charge is 2.30. The number of hydrogen-bond donors (Lipinski definition) is 0. The smallest absolute Gasteiger partial charge is 0.271 e. The molecule has 0 atom stereocenters. The summed E-state index contributed by atoms with van der Waals surface area (Å²) < 4.78 is 40.3. The van der Waals surface area contributed by atoms with Gasteiger partial charge in [-0.25, -0.2) is 8.42 Å². The van der Waals surface area contributed by atoms with E-state index in [4.69, 9.17) is 9.47 Å². The third-order valence-corrected chi connectivity index (χ3v) is 6.79. The van der Waals surface area contributed by atoms with Gasteiger partial charge in [0.2, 0.25) is 0 Å². The molecule has 0 N–H and O–H groups in total. The summed E-state index contributed by atoms with van der Waals surface area (Å²) in [6, 6.07) is 15.7. The molecule has 1 amide bonds. The number of aryl methyl sites for hydroxylation is 1. The Bertz CT molecular complexity index is 1150. The van der Waals surface area contributed by atoms with Crippen LogP contribution in [0.2, 0.25) is 0 Å². The molecule has 0 unspecified atom stereocenters. The summed E-state index contributed by atoms with van der Waals surface area (Å²) in [6.07, 6.45) is 0. The van der Waals surface area contributed by atoms with Gasteiger partial charge in [0.1, 0.15) is 17.2 Å². The zero-order valence-corrected chi connectivity index (χ0v) is 20.2. The Balaban J connectivity index is 1.98. The number of carbonyl (C=O) groups is 1. The number of carbonyl (C=O) groups excluding carboxylic acids is 1. The second-order valence-corrected chi connectivity index (χ2v) is 9.55. The molecule has 3 aromatic rings. The van der Waals surface area contributed by atoms with Crippen molar-refractivity contribution in [2.75, 3.05) is 28.3 Å². The van der Waals surface area contributed by atoms with Gasteiger partial charge in [-0.3, -0.25) is 9.48 Å². The fourth-order valence-corrected chi connectivity index (χ4v) is 4.61. The van der Waals surface area contributed by atoms with Gasteiger partial charge in [-0.05, 0) is 35.4 Å². The van der Waals surface area contributed by atoms with E-state index in [1.54, 1.807) is 59.6 Å². The summed E-state index contributed by atoms with van der Waals surface area (Å²) in [5.41, 5.74) is 1.76. The Morgan fingerprint density at radius 1 is 0.909 bits per heavy atom. The largest absolute Gasteiger partial charge is 0.497 e. The van der Waals surface area contributed by atoms with Crippen LogP contribution in [0.3, 0.4) is 0 Å². The van der Waals surface area contributed by atoms with E-state index in [0.717, 1.165) is 11.1 Å². The molecular weight excluding hydrogens is 444 g/mol. The van der Waals surface area contributed by atoms with Gasteiger partial charge in [0.15, 0.2) is 5.03 Å². The van der Waals surface area contributed by atoms with Crippen LogP contribution >= 0.6 is 0 Å². The van der Waals surface area contributed by atoms with Gasteiger partial charge in [-0.15, -0.1) is 0 Å². The van der Waals surface area contributed by atoms with E-state index >= 15 is 0 Å². The van der Waals surface area contributed by atoms with Crippen LogP contribution in [0.25, 0.3) is 0 Å². The number of methoxy groups -OCH3 is 2. The van der Waals surface area contributed by atoms with Gasteiger partial charge in [0.25, 0.3) is 15.9 Å². The zero-order valence-electron chi connectivity index (χ0n) is 19.3. The minimum atomic E-state index is -4.02. The molecule has 0 aliphatic rings. The van der Waals surface area contributed by atoms with E-state index in [2.05, 4.69) is 5.10 Å². The number of sulfonamides is 1. The van der Waals surface area contributed by atoms with E-state index in [0.29, 0.717) is 11.5 Å². The standard InChI is InChI=1S/C23H28N4O5S/c1-25(2)23(28)21-14-22(24-26(21)3)33(29,30)27(15-17-6-10-19(31-4)11-7-17)16-18-8-12-20(32-5)13-9-18/h6-14H,15-16H2,1-5H3. The lowest BCUT2D eigenvalue weighted by Gasteiger charge is -2.21. The topological polar surface area (TPSA) is 94.0 Å². The second kappa shape index (κ2) is 10.1. The quantitative estimate of drug-likeness (QED) is 0.475. The summed E-state index contributed by atoms with van der Waals surface area (Å²) in [5, 5.41) is 3.96. The summed E-state index contributed by atoms with van der Waals surface area (Å²) in [4.78, 5) is 13.8. The normalized spacial score (nSPS) is 11.5. The maximum atomic E-state index is 13.6. The molecule has 0 spiro atoms. The Morgan fingerprint density at radius 3 is 1.76 bits per heavy atom. The van der Waals surface area contributed by atoms with E-state index < -0.39 is 10.0 Å². The molecular formula is C23H28N4O5S. The molecule has 1 heterocycles. The van der Waals surface area contributed by atoms with Gasteiger partial charge in [0.05, 0.1) is 14.2 Å². The first-order valence-corrected chi connectivity index (χ1v) is 11.6. The van der Waals surface area contributed by atoms with Crippen molar-refractivity contribution in [1.82, 2.24) is 19.0 Å². The van der Waals surface area contributed by atoms with Crippen LogP contribution in [0.5, 0.6) is 11.5 Å². The molecule has 1 aromatic heterocycles. The van der Waals surface area contributed by atoms with E-state index in [1.165, 1.54) is 20.0 Å². The minimum absolute atomic E-state index is 0.117. The van der Waals surface area contributed by atoms with Crippen molar-refractivity contribution in [2.24, 2.45) is 7.05 Å². The molecule has 0 saturated carbocycles. The number of ether oxygens (including phenoxy) is 2. The van der Waals surface area contributed by atoms with Crippen molar-refractivity contribution in [2.45, 2.75) is 18.1 Å². The Kier molecular flexibility index (Phi) is 7.39. The van der Waals surface area contributed by atoms with Gasteiger partial charge >= 0.3 is 0 Å². The first-order valence-electron chi connectivity index (χ1n) is 10.2. The highest BCUT2D eigenvalue weighted by atomic mass is 32.2. The van der Waals surface area contributed by atoms with Crippen LogP contribution < -0.4 is 9.47 Å². The Hall–Kier alpha value is -3.37. The fourth-order valence-electron chi connectivity index (χ4n) is 3.22. The number of benzene rings is 2. The number of amides is 1. The third kappa shape index (κ3) is 5.52. The maximum absolute atomic E-state index is 13.6. The summed E-state index contributed by atoms with van der Waals surface area (Å²) >= 11 is 0. The highest BCUT2D eigenvalue weighted by Crippen LogP contribution is 2.23. The molecule has 0 bridgehead atoms. The number of aromatic nitrogens is 2. The van der Waals surface area contributed by atoms with Crippen molar-refractivity contribution < 1.29 is 22.7 Å². The lowest BCUT2D eigenvalue weighted by Crippen LogP contribution is -2.30. The van der Waals surface area contributed by atoms with Gasteiger partial charge in [-0.2, -0.15) is 9.40 Å². The molecule has 176 valence electrons. The SMILES string of the molecule is COc1ccc(CN(Cc2ccc(OC)cc2)S(=O)(=O)c2cc(C(=O)N(C)C)n(C)n2)cc1. The fraction of sp³-hybridized carbons (Fsp3) is 0.304. The number of rotatable bonds is 9. The van der Waals surface area contributed by atoms with Crippen molar-refractivity contribution in [3.05, 3.63) is 71.4 Å². The molecule has 0 fully saturated rings. The van der Waals surface area contributed by atoms with E-state index in [-0.39, 0.29) is 29.7 Å². The van der Waals surface area contributed by atoms with E-state index in [1.807, 2.05) is 24.3 Å². The van der Waals surface area contributed by atoms with Crippen molar-refractivity contribution in [3.63, 3.8) is 0 Å². The Morgan fingerprint density at radius 2 is 1.36 bits per heavy atom. The Labute approximate surface area is 194 Å². The van der Waals surface area contributed by atoms with Crippen molar-refractivity contribution >= 4 is 15.9 Å². The predicted octanol–water partition coefficient (Wildman–Crippen LogP) is 2.53. The van der Waals surface area contributed by atoms with Crippen LogP contribution in [-0.2, 0) is 30.2 Å². The molecule has 3 rings (SSSR count). The summed E-state index contributed by atoms with van der Waals surface area (Å²) in [6.45, 7) is 0.234. The number of hydrogen-bond acceptors (Lipinski definition) is 6. The second-order valence-electron chi connectivity index (χ2n) is 7.66. The summed E-state index contributed by atoms with van der Waals surface area (Å²) in [5.74, 6) is 1.03. The van der Waals surface area contributed by atoms with Crippen LogP contribution in [0.1, 0.15) is 21.6 Å². The van der Waals surface area contributed by atoms with Crippen LogP contribution in [0.15, 0.2) is 59.6 Å². The van der Waals surface area contributed by atoms with Gasteiger partial charge < -0.3 is 14.4 Å². The summed E-state index contributed by atoms with van der Waals surface area (Å²) in [7, 11) is 3.87. The van der Waals surface area contributed by atoms with E-state index in [9.17, 15) is 13.2 Å². The van der Waals surface area contributed by atoms with Gasteiger partial charge in [-0.1, -0.05) is 24.3 Å². The zero-order chi connectivity index (χ0) is 24.2. The molecule has 9 nitrogen and oxygen atoms in total. The molecule has 0 aliphatic carbocycles. The lowest BCUT2D eigenvalue weighted by molar-refractivity contribution is 0.0817. The van der Waals surface area contributed by atoms with Crippen molar-refractivity contribution in [1.29, 1.82) is 0 Å². The average Bonchev–Trinajstić information content (AvgIpc) is 3.21. The van der Waals surface area contributed by atoms with Crippen LogP contribution in [0, 0.1) is 0 Å².